The van der Waals surface area contributed by atoms with Gasteiger partial charge in [-0.3, -0.25) is 9.69 Å². The molecular weight excluding hydrogens is 418 g/mol. The molecule has 4 rings (SSSR count). The van der Waals surface area contributed by atoms with Crippen molar-refractivity contribution in [1.29, 1.82) is 0 Å². The van der Waals surface area contributed by atoms with E-state index in [-0.39, 0.29) is 18.1 Å². The Morgan fingerprint density at radius 1 is 1.09 bits per heavy atom. The number of nitrogens with zero attached hydrogens (tertiary/aromatic N) is 2. The van der Waals surface area contributed by atoms with E-state index >= 15 is 0 Å². The van der Waals surface area contributed by atoms with Gasteiger partial charge in [0.2, 0.25) is 5.91 Å². The molecule has 1 aliphatic rings. The number of fused-ring (bicyclic) bond motifs is 1. The minimum atomic E-state index is -0.368. The second-order valence-electron chi connectivity index (χ2n) is 8.47. The molecule has 1 N–H and O–H groups in total. The van der Waals surface area contributed by atoms with Crippen LogP contribution in [0.3, 0.4) is 0 Å². The van der Waals surface area contributed by atoms with Gasteiger partial charge < -0.3 is 19.4 Å². The van der Waals surface area contributed by atoms with Gasteiger partial charge in [0.1, 0.15) is 5.58 Å². The van der Waals surface area contributed by atoms with Crippen LogP contribution in [0, 0.1) is 13.8 Å². The first-order valence-electron chi connectivity index (χ1n) is 11.4. The van der Waals surface area contributed by atoms with Gasteiger partial charge in [-0.05, 0) is 61.3 Å². The number of rotatable bonds is 7. The molecule has 1 saturated heterocycles. The third kappa shape index (κ3) is 5.43. The van der Waals surface area contributed by atoms with Crippen molar-refractivity contribution >= 4 is 28.3 Å². The summed E-state index contributed by atoms with van der Waals surface area (Å²) in [5.74, 6) is -0.0877. The van der Waals surface area contributed by atoms with Crippen molar-refractivity contribution in [2.45, 2.75) is 27.3 Å². The van der Waals surface area contributed by atoms with Crippen LogP contribution >= 0.6 is 0 Å². The fraction of sp³-hybridized carbons (Fsp3) is 0.385. The first-order chi connectivity index (χ1) is 15.9. The fourth-order valence-electron chi connectivity index (χ4n) is 4.16. The summed E-state index contributed by atoms with van der Waals surface area (Å²) in [6.45, 7) is 10.6. The Balaban J connectivity index is 1.42. The normalized spacial score (nSPS) is 14.1. The maximum atomic E-state index is 12.7. The number of benzene rings is 2. The average Bonchev–Trinajstić information content (AvgIpc) is 2.82. The topological polar surface area (TPSA) is 75.0 Å². The van der Waals surface area contributed by atoms with Crippen molar-refractivity contribution < 1.29 is 13.9 Å². The number of anilines is 2. The summed E-state index contributed by atoms with van der Waals surface area (Å²) < 4.78 is 10.9. The zero-order valence-electron chi connectivity index (χ0n) is 19.5. The zero-order valence-corrected chi connectivity index (χ0v) is 19.5. The molecule has 7 heteroatoms. The summed E-state index contributed by atoms with van der Waals surface area (Å²) in [4.78, 5) is 29.2. The van der Waals surface area contributed by atoms with Crippen LogP contribution in [-0.2, 0) is 16.1 Å². The smallest absolute Gasteiger partial charge is 0.336 e. The van der Waals surface area contributed by atoms with Crippen LogP contribution in [0.2, 0.25) is 0 Å². The van der Waals surface area contributed by atoms with E-state index in [0.29, 0.717) is 18.7 Å². The first kappa shape index (κ1) is 23.0. The maximum absolute atomic E-state index is 12.7. The molecule has 174 valence electrons. The molecule has 7 nitrogen and oxygen atoms in total. The van der Waals surface area contributed by atoms with Gasteiger partial charge in [-0.25, -0.2) is 4.79 Å². The summed E-state index contributed by atoms with van der Waals surface area (Å²) >= 11 is 0. The Morgan fingerprint density at radius 2 is 1.82 bits per heavy atom. The SMILES string of the molecule is CCN(CC(=O)Nc1ccc(N2CCOCC2)cc1)Cc1cc(=O)oc2c(C)c(C)ccc12. The monoisotopic (exact) mass is 449 g/mol. The highest BCUT2D eigenvalue weighted by molar-refractivity contribution is 5.92. The van der Waals surface area contributed by atoms with Gasteiger partial charge >= 0.3 is 5.63 Å². The molecule has 1 aromatic heterocycles. The van der Waals surface area contributed by atoms with Gasteiger partial charge in [-0.15, -0.1) is 0 Å². The lowest BCUT2D eigenvalue weighted by Gasteiger charge is -2.29. The molecule has 3 aromatic rings. The lowest BCUT2D eigenvalue weighted by molar-refractivity contribution is -0.117. The zero-order chi connectivity index (χ0) is 23.4. The van der Waals surface area contributed by atoms with Crippen molar-refractivity contribution in [2.24, 2.45) is 0 Å². The number of hydrogen-bond acceptors (Lipinski definition) is 6. The number of hydrogen-bond donors (Lipinski definition) is 1. The van der Waals surface area contributed by atoms with Crippen LogP contribution in [-0.4, -0.2) is 50.2 Å². The number of amides is 1. The molecule has 0 radical (unpaired) electrons. The van der Waals surface area contributed by atoms with Gasteiger partial charge in [0.05, 0.1) is 19.8 Å². The Labute approximate surface area is 193 Å². The Morgan fingerprint density at radius 3 is 2.52 bits per heavy atom. The highest BCUT2D eigenvalue weighted by atomic mass is 16.5. The summed E-state index contributed by atoms with van der Waals surface area (Å²) in [5, 5.41) is 3.90. The molecule has 0 aliphatic carbocycles. The van der Waals surface area contributed by atoms with Gasteiger partial charge in [-0.2, -0.15) is 0 Å². The van der Waals surface area contributed by atoms with Crippen LogP contribution in [0.5, 0.6) is 0 Å². The highest BCUT2D eigenvalue weighted by Crippen LogP contribution is 2.24. The van der Waals surface area contributed by atoms with E-state index < -0.39 is 0 Å². The highest BCUT2D eigenvalue weighted by Gasteiger charge is 2.15. The van der Waals surface area contributed by atoms with E-state index in [9.17, 15) is 9.59 Å². The molecule has 0 spiro atoms. The van der Waals surface area contributed by atoms with Crippen LogP contribution < -0.4 is 15.8 Å². The molecule has 2 aromatic carbocycles. The van der Waals surface area contributed by atoms with E-state index in [0.717, 1.165) is 59.8 Å². The van der Waals surface area contributed by atoms with E-state index in [2.05, 4.69) is 10.2 Å². The lowest BCUT2D eigenvalue weighted by atomic mass is 10.0. The van der Waals surface area contributed by atoms with Gasteiger partial charge in [0, 0.05) is 42.5 Å². The molecule has 1 aliphatic heterocycles. The van der Waals surface area contributed by atoms with Crippen LogP contribution in [0.15, 0.2) is 51.7 Å². The van der Waals surface area contributed by atoms with Crippen molar-refractivity contribution in [3.63, 3.8) is 0 Å². The maximum Gasteiger partial charge on any atom is 0.336 e. The second kappa shape index (κ2) is 10.2. The Hall–Kier alpha value is -3.16. The third-order valence-corrected chi connectivity index (χ3v) is 6.25. The minimum Gasteiger partial charge on any atom is -0.422 e. The quantitative estimate of drug-likeness (QED) is 0.555. The molecular formula is C26H31N3O4. The van der Waals surface area contributed by atoms with Crippen LogP contribution in [0.25, 0.3) is 11.0 Å². The van der Waals surface area contributed by atoms with Gasteiger partial charge in [-0.1, -0.05) is 19.1 Å². The van der Waals surface area contributed by atoms with E-state index in [1.165, 1.54) is 6.07 Å². The number of morpholine rings is 1. The third-order valence-electron chi connectivity index (χ3n) is 6.25. The van der Waals surface area contributed by atoms with Crippen molar-refractivity contribution in [1.82, 2.24) is 4.90 Å². The minimum absolute atomic E-state index is 0.0877. The molecule has 0 saturated carbocycles. The van der Waals surface area contributed by atoms with E-state index in [1.807, 2.05) is 62.1 Å². The van der Waals surface area contributed by atoms with Crippen molar-refractivity contribution in [3.05, 3.63) is 69.6 Å². The number of ether oxygens (including phenoxy) is 1. The largest absolute Gasteiger partial charge is 0.422 e. The van der Waals surface area contributed by atoms with E-state index in [4.69, 9.17) is 9.15 Å². The number of carbonyl (C=O) groups is 1. The number of aryl methyl sites for hydroxylation is 2. The van der Waals surface area contributed by atoms with Crippen molar-refractivity contribution in [2.75, 3.05) is 49.6 Å². The molecule has 0 atom stereocenters. The number of carbonyl (C=O) groups excluding carboxylic acids is 1. The molecule has 1 amide bonds. The predicted octanol–water partition coefficient (Wildman–Crippen LogP) is 3.71. The number of likely N-dealkylation sites (N-methyl/N-ethyl adjacent to an activating group) is 1. The lowest BCUT2D eigenvalue weighted by Crippen LogP contribution is -2.36. The molecule has 1 fully saturated rings. The fourth-order valence-corrected chi connectivity index (χ4v) is 4.16. The van der Waals surface area contributed by atoms with Crippen molar-refractivity contribution in [3.8, 4) is 0 Å². The average molecular weight is 450 g/mol. The summed E-state index contributed by atoms with van der Waals surface area (Å²) in [6, 6.07) is 13.5. The van der Waals surface area contributed by atoms with Crippen LogP contribution in [0.4, 0.5) is 11.4 Å². The second-order valence-corrected chi connectivity index (χ2v) is 8.47. The van der Waals surface area contributed by atoms with Crippen LogP contribution in [0.1, 0.15) is 23.6 Å². The molecule has 2 heterocycles. The number of nitrogens with one attached hydrogen (secondary N) is 1. The summed E-state index contributed by atoms with van der Waals surface area (Å²) in [7, 11) is 0. The van der Waals surface area contributed by atoms with Gasteiger partial charge in [0.25, 0.3) is 0 Å². The van der Waals surface area contributed by atoms with E-state index in [1.54, 1.807) is 0 Å². The summed E-state index contributed by atoms with van der Waals surface area (Å²) in [5.41, 5.74) is 5.07. The first-order valence-corrected chi connectivity index (χ1v) is 11.4. The standard InChI is InChI=1S/C26H31N3O4/c1-4-28(16-20-15-25(31)33-26-19(3)18(2)5-10-23(20)26)17-24(30)27-21-6-8-22(9-7-21)29-11-13-32-14-12-29/h5-10,15H,4,11-14,16-17H2,1-3H3,(H,27,30). The van der Waals surface area contributed by atoms with Gasteiger partial charge in [0.15, 0.2) is 0 Å². The summed E-state index contributed by atoms with van der Waals surface area (Å²) in [6.07, 6.45) is 0. The Kier molecular flexibility index (Phi) is 7.11. The Bertz CT molecular complexity index is 1180. The molecule has 0 unspecified atom stereocenters. The molecule has 33 heavy (non-hydrogen) atoms. The molecule has 0 bridgehead atoms. The predicted molar refractivity (Wildman–Crippen MR) is 131 cm³/mol.